The largest absolute Gasteiger partial charge is 0.493 e. The van der Waals surface area contributed by atoms with Gasteiger partial charge in [-0.05, 0) is 49.4 Å². The summed E-state index contributed by atoms with van der Waals surface area (Å²) in [5.74, 6) is 1.71. The first kappa shape index (κ1) is 14.2. The van der Waals surface area contributed by atoms with E-state index in [2.05, 4.69) is 37.5 Å². The standard InChI is InChI=1S/C18H23NO2/c1-4-19-16-9-8-13(21-11-12(2)3)10-15(16)14-6-5-7-17(20)18(14)19/h8-10,12H,4-7,11H2,1-3H3. The van der Waals surface area contributed by atoms with E-state index in [1.54, 1.807) is 0 Å². The van der Waals surface area contributed by atoms with Gasteiger partial charge in [-0.1, -0.05) is 13.8 Å². The van der Waals surface area contributed by atoms with Crippen molar-refractivity contribution >= 4 is 16.7 Å². The van der Waals surface area contributed by atoms with Gasteiger partial charge in [0.05, 0.1) is 12.3 Å². The molecule has 0 radical (unpaired) electrons. The van der Waals surface area contributed by atoms with Crippen LogP contribution in [0.15, 0.2) is 18.2 Å². The monoisotopic (exact) mass is 285 g/mol. The lowest BCUT2D eigenvalue weighted by atomic mass is 9.94. The molecule has 1 aromatic carbocycles. The van der Waals surface area contributed by atoms with Crippen LogP contribution in [0, 0.1) is 5.92 Å². The van der Waals surface area contributed by atoms with E-state index < -0.39 is 0 Å². The fraction of sp³-hybridized carbons (Fsp3) is 0.500. The van der Waals surface area contributed by atoms with Gasteiger partial charge in [0.15, 0.2) is 5.78 Å². The number of hydrogen-bond donors (Lipinski definition) is 0. The molecule has 0 fully saturated rings. The molecule has 21 heavy (non-hydrogen) atoms. The molecule has 3 heteroatoms. The van der Waals surface area contributed by atoms with Crippen LogP contribution >= 0.6 is 0 Å². The van der Waals surface area contributed by atoms with Gasteiger partial charge in [0.25, 0.3) is 0 Å². The molecule has 1 aliphatic carbocycles. The minimum Gasteiger partial charge on any atom is -0.493 e. The van der Waals surface area contributed by atoms with E-state index in [-0.39, 0.29) is 0 Å². The smallest absolute Gasteiger partial charge is 0.179 e. The van der Waals surface area contributed by atoms with Crippen LogP contribution in [0.25, 0.3) is 10.9 Å². The van der Waals surface area contributed by atoms with E-state index in [4.69, 9.17) is 4.74 Å². The van der Waals surface area contributed by atoms with Crippen LogP contribution in [0.2, 0.25) is 0 Å². The van der Waals surface area contributed by atoms with Crippen LogP contribution in [0.5, 0.6) is 5.75 Å². The normalized spacial score (nSPS) is 14.8. The van der Waals surface area contributed by atoms with Gasteiger partial charge in [-0.15, -0.1) is 0 Å². The van der Waals surface area contributed by atoms with Crippen LogP contribution < -0.4 is 4.74 Å². The Bertz CT molecular complexity index is 682. The highest BCUT2D eigenvalue weighted by atomic mass is 16.5. The second kappa shape index (κ2) is 5.55. The Morgan fingerprint density at radius 3 is 2.81 bits per heavy atom. The third-order valence-corrected chi connectivity index (χ3v) is 4.13. The highest BCUT2D eigenvalue weighted by molar-refractivity contribution is 6.04. The number of rotatable bonds is 4. The zero-order valence-electron chi connectivity index (χ0n) is 13.1. The zero-order valence-corrected chi connectivity index (χ0v) is 13.1. The lowest BCUT2D eigenvalue weighted by molar-refractivity contribution is 0.0963. The Labute approximate surface area is 125 Å². The second-order valence-electron chi connectivity index (χ2n) is 6.23. The summed E-state index contributed by atoms with van der Waals surface area (Å²) >= 11 is 0. The first-order chi connectivity index (χ1) is 10.1. The van der Waals surface area contributed by atoms with Crippen molar-refractivity contribution in [2.45, 2.75) is 46.6 Å². The van der Waals surface area contributed by atoms with Crippen molar-refractivity contribution in [1.29, 1.82) is 0 Å². The number of fused-ring (bicyclic) bond motifs is 3. The number of aryl methyl sites for hydroxylation is 2. The van der Waals surface area contributed by atoms with Gasteiger partial charge in [0, 0.05) is 23.9 Å². The van der Waals surface area contributed by atoms with Gasteiger partial charge < -0.3 is 9.30 Å². The number of benzene rings is 1. The molecule has 2 aromatic rings. The van der Waals surface area contributed by atoms with Gasteiger partial charge in [-0.3, -0.25) is 4.79 Å². The van der Waals surface area contributed by atoms with Crippen LogP contribution in [-0.2, 0) is 13.0 Å². The summed E-state index contributed by atoms with van der Waals surface area (Å²) in [6, 6.07) is 6.23. The fourth-order valence-electron chi connectivity index (χ4n) is 3.20. The Kier molecular flexibility index (Phi) is 3.75. The molecular formula is C18H23NO2. The van der Waals surface area contributed by atoms with Crippen LogP contribution in [0.4, 0.5) is 0 Å². The maximum Gasteiger partial charge on any atom is 0.179 e. The number of ketones is 1. The van der Waals surface area contributed by atoms with Crippen LogP contribution in [0.1, 0.15) is 49.7 Å². The Hall–Kier alpha value is -1.77. The molecule has 1 heterocycles. The molecule has 1 aliphatic rings. The third-order valence-electron chi connectivity index (χ3n) is 4.13. The molecule has 0 N–H and O–H groups in total. The number of aromatic nitrogens is 1. The summed E-state index contributed by atoms with van der Waals surface area (Å²) < 4.78 is 8.01. The third kappa shape index (κ3) is 2.45. The average molecular weight is 285 g/mol. The molecule has 0 bridgehead atoms. The minimum atomic E-state index is 0.291. The van der Waals surface area contributed by atoms with Crippen molar-refractivity contribution in [3.05, 3.63) is 29.5 Å². The second-order valence-corrected chi connectivity index (χ2v) is 6.23. The predicted molar refractivity (Wildman–Crippen MR) is 85.2 cm³/mol. The summed E-state index contributed by atoms with van der Waals surface area (Å²) in [6.07, 6.45) is 2.64. The van der Waals surface area contributed by atoms with Crippen LogP contribution in [0.3, 0.4) is 0 Å². The van der Waals surface area contributed by atoms with Crippen molar-refractivity contribution in [1.82, 2.24) is 4.57 Å². The summed E-state index contributed by atoms with van der Waals surface area (Å²) in [7, 11) is 0. The van der Waals surface area contributed by atoms with E-state index in [1.165, 1.54) is 10.9 Å². The van der Waals surface area contributed by atoms with E-state index in [1.807, 2.05) is 6.07 Å². The topological polar surface area (TPSA) is 31.2 Å². The lowest BCUT2D eigenvalue weighted by Gasteiger charge is -2.13. The SMILES string of the molecule is CCn1c2c(c3cc(OCC(C)C)ccc31)CCCC2=O. The maximum absolute atomic E-state index is 12.3. The molecular weight excluding hydrogens is 262 g/mol. The number of ether oxygens (including phenoxy) is 1. The Morgan fingerprint density at radius 1 is 1.29 bits per heavy atom. The molecule has 0 spiro atoms. The molecule has 3 nitrogen and oxygen atoms in total. The first-order valence-corrected chi connectivity index (χ1v) is 7.93. The maximum atomic E-state index is 12.3. The van der Waals surface area contributed by atoms with Gasteiger partial charge in [-0.25, -0.2) is 0 Å². The predicted octanol–water partition coefficient (Wildman–Crippen LogP) is 4.22. The highest BCUT2D eigenvalue weighted by Gasteiger charge is 2.25. The number of hydrogen-bond acceptors (Lipinski definition) is 2. The van der Waals surface area contributed by atoms with E-state index in [9.17, 15) is 4.79 Å². The van der Waals surface area contributed by atoms with Crippen molar-refractivity contribution < 1.29 is 9.53 Å². The number of nitrogens with zero attached hydrogens (tertiary/aromatic N) is 1. The highest BCUT2D eigenvalue weighted by Crippen LogP contribution is 2.34. The molecule has 3 rings (SSSR count). The molecule has 0 saturated carbocycles. The van der Waals surface area contributed by atoms with Crippen molar-refractivity contribution in [2.24, 2.45) is 5.92 Å². The van der Waals surface area contributed by atoms with Gasteiger partial charge in [0.1, 0.15) is 5.75 Å². The van der Waals surface area contributed by atoms with E-state index in [0.717, 1.165) is 43.0 Å². The number of carbonyl (C=O) groups is 1. The molecule has 1 aromatic heterocycles. The summed E-state index contributed by atoms with van der Waals surface area (Å²) in [4.78, 5) is 12.3. The van der Waals surface area contributed by atoms with Crippen molar-refractivity contribution in [3.63, 3.8) is 0 Å². The number of Topliss-reactive ketones (excluding diaryl/α,β-unsaturated/α-hetero) is 1. The van der Waals surface area contributed by atoms with Gasteiger partial charge >= 0.3 is 0 Å². The van der Waals surface area contributed by atoms with E-state index in [0.29, 0.717) is 18.1 Å². The van der Waals surface area contributed by atoms with E-state index >= 15 is 0 Å². The van der Waals surface area contributed by atoms with Crippen molar-refractivity contribution in [2.75, 3.05) is 6.61 Å². The fourth-order valence-corrected chi connectivity index (χ4v) is 3.20. The minimum absolute atomic E-state index is 0.291. The molecule has 0 atom stereocenters. The molecule has 0 unspecified atom stereocenters. The van der Waals surface area contributed by atoms with Gasteiger partial charge in [0.2, 0.25) is 0 Å². The summed E-state index contributed by atoms with van der Waals surface area (Å²) in [5.41, 5.74) is 3.31. The average Bonchev–Trinajstić information content (AvgIpc) is 2.80. The molecule has 0 amide bonds. The van der Waals surface area contributed by atoms with Crippen LogP contribution in [-0.4, -0.2) is 17.0 Å². The summed E-state index contributed by atoms with van der Waals surface area (Å²) in [5, 5.41) is 1.20. The summed E-state index contributed by atoms with van der Waals surface area (Å²) in [6.45, 7) is 7.95. The van der Waals surface area contributed by atoms with Gasteiger partial charge in [-0.2, -0.15) is 0 Å². The lowest BCUT2D eigenvalue weighted by Crippen LogP contribution is -2.14. The molecule has 112 valence electrons. The Balaban J connectivity index is 2.10. The molecule has 0 saturated heterocycles. The quantitative estimate of drug-likeness (QED) is 0.842. The number of carbonyl (C=O) groups excluding carboxylic acids is 1. The van der Waals surface area contributed by atoms with Crippen molar-refractivity contribution in [3.8, 4) is 5.75 Å². The Morgan fingerprint density at radius 2 is 2.10 bits per heavy atom. The molecule has 0 aliphatic heterocycles. The first-order valence-electron chi connectivity index (χ1n) is 7.93. The zero-order chi connectivity index (χ0) is 15.0.